The van der Waals surface area contributed by atoms with E-state index in [1.807, 2.05) is 19.1 Å². The maximum atomic E-state index is 12.5. The first-order valence-electron chi connectivity index (χ1n) is 8.43. The van der Waals surface area contributed by atoms with E-state index in [9.17, 15) is 9.59 Å². The summed E-state index contributed by atoms with van der Waals surface area (Å²) in [6, 6.07) is 15.2. The Hall–Kier alpha value is -1.98. The van der Waals surface area contributed by atoms with Crippen LogP contribution in [0.1, 0.15) is 49.2 Å². The van der Waals surface area contributed by atoms with Gasteiger partial charge in [-0.15, -0.1) is 0 Å². The Labute approximate surface area is 157 Å². The van der Waals surface area contributed by atoms with Crippen LogP contribution in [0.25, 0.3) is 0 Å². The Bertz CT molecular complexity index is 744. The highest BCUT2D eigenvalue weighted by atomic mass is 79.9. The van der Waals surface area contributed by atoms with E-state index in [2.05, 4.69) is 45.6 Å². The van der Waals surface area contributed by atoms with Gasteiger partial charge in [0.2, 0.25) is 0 Å². The Balaban J connectivity index is 2.02. The van der Waals surface area contributed by atoms with Crippen molar-refractivity contribution in [2.45, 2.75) is 39.3 Å². The molecule has 0 radical (unpaired) electrons. The number of quaternary nitrogens is 1. The second kappa shape index (κ2) is 8.92. The van der Waals surface area contributed by atoms with Crippen molar-refractivity contribution in [3.8, 4) is 0 Å². The zero-order valence-corrected chi connectivity index (χ0v) is 16.3. The number of hydrogen-bond donors (Lipinski definition) is 2. The highest BCUT2D eigenvalue weighted by Gasteiger charge is 2.22. The van der Waals surface area contributed by atoms with E-state index < -0.39 is 0 Å². The number of carbonyl (C=O) groups excluding carboxylic acids is 2. The van der Waals surface area contributed by atoms with Gasteiger partial charge in [-0.1, -0.05) is 47.1 Å². The monoisotopic (exact) mass is 403 g/mol. The van der Waals surface area contributed by atoms with Gasteiger partial charge in [0.15, 0.2) is 11.8 Å². The fraction of sp³-hybridized carbons (Fsp3) is 0.300. The summed E-state index contributed by atoms with van der Waals surface area (Å²) in [5, 5.41) is 4.97. The molecule has 2 aromatic carbocycles. The number of ketones is 1. The second-order valence-corrected chi connectivity index (χ2v) is 7.09. The van der Waals surface area contributed by atoms with Crippen LogP contribution in [0.4, 0.5) is 5.69 Å². The Morgan fingerprint density at radius 1 is 1.16 bits per heavy atom. The molecule has 2 rings (SSSR count). The van der Waals surface area contributed by atoms with Gasteiger partial charge in [-0.2, -0.15) is 0 Å². The molecule has 132 valence electrons. The number of amides is 1. The third kappa shape index (κ3) is 5.51. The van der Waals surface area contributed by atoms with E-state index in [1.54, 1.807) is 24.3 Å². The number of halogens is 1. The molecular formula is C20H24BrN2O2+. The summed E-state index contributed by atoms with van der Waals surface area (Å²) in [7, 11) is 0. The molecule has 0 aliphatic rings. The number of nitrogens with one attached hydrogen (secondary N) is 1. The fourth-order valence-corrected chi connectivity index (χ4v) is 2.97. The van der Waals surface area contributed by atoms with E-state index in [4.69, 9.17) is 0 Å². The highest BCUT2D eigenvalue weighted by molar-refractivity contribution is 9.10. The van der Waals surface area contributed by atoms with Crippen LogP contribution in [0.3, 0.4) is 0 Å². The lowest BCUT2D eigenvalue weighted by Crippen LogP contribution is -2.92. The zero-order valence-electron chi connectivity index (χ0n) is 14.8. The molecule has 25 heavy (non-hydrogen) atoms. The van der Waals surface area contributed by atoms with E-state index in [0.717, 1.165) is 10.9 Å². The lowest BCUT2D eigenvalue weighted by Gasteiger charge is -2.19. The Morgan fingerprint density at radius 3 is 2.44 bits per heavy atom. The summed E-state index contributed by atoms with van der Waals surface area (Å²) in [6.45, 7) is 5.53. The molecule has 0 fully saturated rings. The van der Waals surface area contributed by atoms with Crippen LogP contribution in [-0.2, 0) is 4.79 Å². The van der Waals surface area contributed by atoms with Crippen LogP contribution in [0.2, 0.25) is 0 Å². The maximum absolute atomic E-state index is 12.5. The molecule has 0 heterocycles. The third-order valence-corrected chi connectivity index (χ3v) is 4.74. The van der Waals surface area contributed by atoms with Crippen molar-refractivity contribution >= 4 is 33.3 Å². The van der Waals surface area contributed by atoms with Gasteiger partial charge < -0.3 is 10.6 Å². The predicted molar refractivity (Wildman–Crippen MR) is 104 cm³/mol. The molecule has 3 N–H and O–H groups in total. The molecule has 2 atom stereocenters. The van der Waals surface area contributed by atoms with Crippen molar-refractivity contribution < 1.29 is 14.9 Å². The Kier molecular flexibility index (Phi) is 6.91. The minimum absolute atomic E-state index is 0.0167. The number of carbonyl (C=O) groups is 2. The lowest BCUT2D eigenvalue weighted by molar-refractivity contribution is -0.713. The minimum atomic E-state index is -0.241. The molecule has 0 aromatic heterocycles. The molecule has 0 unspecified atom stereocenters. The van der Waals surface area contributed by atoms with Gasteiger partial charge in [-0.25, -0.2) is 0 Å². The summed E-state index contributed by atoms with van der Waals surface area (Å²) >= 11 is 3.45. The summed E-state index contributed by atoms with van der Waals surface area (Å²) in [6.07, 6.45) is 0.930. The second-order valence-electron chi connectivity index (χ2n) is 6.17. The van der Waals surface area contributed by atoms with Gasteiger partial charge in [-0.05, 0) is 38.1 Å². The van der Waals surface area contributed by atoms with E-state index in [-0.39, 0.29) is 23.8 Å². The van der Waals surface area contributed by atoms with Crippen molar-refractivity contribution in [1.29, 1.82) is 0 Å². The van der Waals surface area contributed by atoms with Crippen LogP contribution in [0, 0.1) is 0 Å². The standard InChI is InChI=1S/C20H23BrN2O2/c1-4-19(15-8-10-17(21)11-9-15)22-13(2)20(25)23-18-7-5-6-16(12-18)14(3)24/h5-13,19,22H,4H2,1-3H3,(H,23,25)/p+1/t13-,19-/m1/s1. The molecule has 0 saturated heterocycles. The summed E-state index contributed by atoms with van der Waals surface area (Å²) < 4.78 is 1.04. The largest absolute Gasteiger partial charge is 0.330 e. The van der Waals surface area contributed by atoms with Gasteiger partial charge >= 0.3 is 0 Å². The van der Waals surface area contributed by atoms with Crippen LogP contribution in [0.5, 0.6) is 0 Å². The van der Waals surface area contributed by atoms with Gasteiger partial charge in [0.1, 0.15) is 6.04 Å². The molecule has 0 saturated carbocycles. The molecule has 4 nitrogen and oxygen atoms in total. The van der Waals surface area contributed by atoms with Gasteiger partial charge in [0.05, 0.1) is 0 Å². The normalized spacial score (nSPS) is 13.1. The van der Waals surface area contributed by atoms with Gasteiger partial charge in [-0.3, -0.25) is 9.59 Å². The van der Waals surface area contributed by atoms with Crippen LogP contribution in [-0.4, -0.2) is 17.7 Å². The number of benzene rings is 2. The van der Waals surface area contributed by atoms with Crippen LogP contribution < -0.4 is 10.6 Å². The SMILES string of the molecule is CC[C@@H]([NH2+][C@H](C)C(=O)Nc1cccc(C(C)=O)c1)c1ccc(Br)cc1. The van der Waals surface area contributed by atoms with E-state index in [0.29, 0.717) is 11.3 Å². The summed E-state index contributed by atoms with van der Waals surface area (Å²) in [5.41, 5.74) is 2.44. The number of hydrogen-bond acceptors (Lipinski definition) is 2. The molecule has 5 heteroatoms. The van der Waals surface area contributed by atoms with Crippen molar-refractivity contribution in [2.75, 3.05) is 5.32 Å². The average molecular weight is 404 g/mol. The van der Waals surface area contributed by atoms with Gasteiger partial charge in [0.25, 0.3) is 5.91 Å². The third-order valence-electron chi connectivity index (χ3n) is 4.21. The minimum Gasteiger partial charge on any atom is -0.330 e. The molecule has 0 spiro atoms. The predicted octanol–water partition coefficient (Wildman–Crippen LogP) is 3.69. The highest BCUT2D eigenvalue weighted by Crippen LogP contribution is 2.17. The first-order valence-corrected chi connectivity index (χ1v) is 9.22. The number of nitrogens with two attached hydrogens (primary N) is 1. The van der Waals surface area contributed by atoms with Crippen molar-refractivity contribution in [3.63, 3.8) is 0 Å². The topological polar surface area (TPSA) is 62.8 Å². The lowest BCUT2D eigenvalue weighted by atomic mass is 10.0. The van der Waals surface area contributed by atoms with Crippen LogP contribution >= 0.6 is 15.9 Å². The average Bonchev–Trinajstić information content (AvgIpc) is 2.60. The molecule has 0 aliphatic heterocycles. The number of anilines is 1. The molecule has 0 bridgehead atoms. The van der Waals surface area contributed by atoms with E-state index in [1.165, 1.54) is 12.5 Å². The van der Waals surface area contributed by atoms with Crippen molar-refractivity contribution in [2.24, 2.45) is 0 Å². The number of Topliss-reactive ketones (excluding diaryl/α,β-unsaturated/α-hetero) is 1. The first-order chi connectivity index (χ1) is 11.9. The molecule has 1 amide bonds. The Morgan fingerprint density at radius 2 is 1.84 bits per heavy atom. The quantitative estimate of drug-likeness (QED) is 0.692. The first kappa shape index (κ1) is 19.3. The van der Waals surface area contributed by atoms with Crippen LogP contribution in [0.15, 0.2) is 53.0 Å². The van der Waals surface area contributed by atoms with Gasteiger partial charge in [0, 0.05) is 27.7 Å². The van der Waals surface area contributed by atoms with E-state index >= 15 is 0 Å². The molecule has 2 aromatic rings. The maximum Gasteiger partial charge on any atom is 0.282 e. The van der Waals surface area contributed by atoms with Crippen molar-refractivity contribution in [3.05, 3.63) is 64.1 Å². The fourth-order valence-electron chi connectivity index (χ4n) is 2.70. The molecular weight excluding hydrogens is 380 g/mol. The number of rotatable bonds is 7. The van der Waals surface area contributed by atoms with Crippen molar-refractivity contribution in [1.82, 2.24) is 0 Å². The zero-order chi connectivity index (χ0) is 18.4. The smallest absolute Gasteiger partial charge is 0.282 e. The summed E-state index contributed by atoms with van der Waals surface area (Å²) in [5.74, 6) is -0.0896. The molecule has 0 aliphatic carbocycles. The summed E-state index contributed by atoms with van der Waals surface area (Å²) in [4.78, 5) is 24.0.